The van der Waals surface area contributed by atoms with Crippen molar-refractivity contribution in [3.63, 3.8) is 0 Å². The minimum absolute atomic E-state index is 0.195. The van der Waals surface area contributed by atoms with E-state index in [1.54, 1.807) is 6.26 Å². The fourth-order valence-corrected chi connectivity index (χ4v) is 1.55. The van der Waals surface area contributed by atoms with Gasteiger partial charge in [-0.15, -0.1) is 0 Å². The number of hydrogen-bond acceptors (Lipinski definition) is 1. The smallest absolute Gasteiger partial charge is 0.122 e. The molecule has 0 unspecified atom stereocenters. The van der Waals surface area contributed by atoms with Gasteiger partial charge in [-0.2, -0.15) is 0 Å². The largest absolute Gasteiger partial charge is 0.491 e. The Balaban J connectivity index is 2.36. The van der Waals surface area contributed by atoms with Crippen LogP contribution >= 0.6 is 0 Å². The van der Waals surface area contributed by atoms with Crippen LogP contribution in [0.3, 0.4) is 0 Å². The van der Waals surface area contributed by atoms with Crippen LogP contribution in [0.4, 0.5) is 0 Å². The molecule has 1 nitrogen and oxygen atoms in total. The Morgan fingerprint density at radius 3 is 2.43 bits per heavy atom. The Hall–Kier alpha value is -1.50. The Labute approximate surface area is 84.7 Å². The summed E-state index contributed by atoms with van der Waals surface area (Å²) in [7, 11) is 0. The van der Waals surface area contributed by atoms with Gasteiger partial charge in [0.2, 0.25) is 0 Å². The fourth-order valence-electron chi connectivity index (χ4n) is 1.55. The van der Waals surface area contributed by atoms with Crippen LogP contribution in [-0.2, 0) is 4.74 Å². The van der Waals surface area contributed by atoms with E-state index < -0.39 is 0 Å². The highest BCUT2D eigenvalue weighted by molar-refractivity contribution is 5.75. The molecule has 0 bridgehead atoms. The van der Waals surface area contributed by atoms with Gasteiger partial charge in [-0.25, -0.2) is 0 Å². The van der Waals surface area contributed by atoms with Crippen molar-refractivity contribution in [3.8, 4) is 0 Å². The lowest BCUT2D eigenvalue weighted by Gasteiger charge is -2.24. The minimum Gasteiger partial charge on any atom is -0.491 e. The van der Waals surface area contributed by atoms with Crippen LogP contribution < -0.4 is 0 Å². The monoisotopic (exact) mass is 186 g/mol. The van der Waals surface area contributed by atoms with E-state index in [1.807, 2.05) is 24.3 Å². The molecule has 0 saturated carbocycles. The molecule has 2 rings (SSSR count). The third-order valence-electron chi connectivity index (χ3n) is 2.23. The van der Waals surface area contributed by atoms with Crippen molar-refractivity contribution in [3.05, 3.63) is 54.3 Å². The predicted octanol–water partition coefficient (Wildman–Crippen LogP) is 3.39. The van der Waals surface area contributed by atoms with E-state index in [4.69, 9.17) is 4.74 Å². The van der Waals surface area contributed by atoms with Gasteiger partial charge in [0.1, 0.15) is 5.60 Å². The Bertz CT molecular complexity index is 371. The molecule has 1 aromatic rings. The zero-order valence-corrected chi connectivity index (χ0v) is 8.53. The molecule has 0 N–H and O–H groups in total. The summed E-state index contributed by atoms with van der Waals surface area (Å²) in [6.45, 7) is 4.11. The molecule has 0 fully saturated rings. The van der Waals surface area contributed by atoms with Crippen LogP contribution in [0.1, 0.15) is 19.4 Å². The minimum atomic E-state index is -0.195. The second-order valence-corrected chi connectivity index (χ2v) is 3.99. The van der Waals surface area contributed by atoms with Crippen molar-refractivity contribution in [1.29, 1.82) is 0 Å². The summed E-state index contributed by atoms with van der Waals surface area (Å²) in [5, 5.41) is 0. The normalized spacial score (nSPS) is 18.6. The number of hydrogen-bond donors (Lipinski definition) is 0. The van der Waals surface area contributed by atoms with Gasteiger partial charge in [0, 0.05) is 0 Å². The van der Waals surface area contributed by atoms with E-state index in [0.717, 1.165) is 0 Å². The zero-order chi connectivity index (χ0) is 10.0. The molecule has 1 heterocycles. The first-order valence-electron chi connectivity index (χ1n) is 4.80. The van der Waals surface area contributed by atoms with Crippen molar-refractivity contribution >= 4 is 5.57 Å². The Morgan fingerprint density at radius 2 is 1.79 bits per heavy atom. The Kier molecular flexibility index (Phi) is 2.16. The van der Waals surface area contributed by atoms with E-state index in [-0.39, 0.29) is 5.60 Å². The summed E-state index contributed by atoms with van der Waals surface area (Å²) in [4.78, 5) is 0. The third-order valence-corrected chi connectivity index (χ3v) is 2.23. The molecule has 0 saturated heterocycles. The van der Waals surface area contributed by atoms with Crippen molar-refractivity contribution in [2.45, 2.75) is 19.4 Å². The molecule has 1 aliphatic heterocycles. The summed E-state index contributed by atoms with van der Waals surface area (Å²) in [5.74, 6) is 0. The number of allylic oxidation sites excluding steroid dienone is 2. The summed E-state index contributed by atoms with van der Waals surface area (Å²) >= 11 is 0. The topological polar surface area (TPSA) is 9.23 Å². The lowest BCUT2D eigenvalue weighted by molar-refractivity contribution is 0.103. The molecule has 1 aromatic carbocycles. The van der Waals surface area contributed by atoms with Gasteiger partial charge in [-0.05, 0) is 37.1 Å². The van der Waals surface area contributed by atoms with Crippen LogP contribution in [0.2, 0.25) is 0 Å². The van der Waals surface area contributed by atoms with Crippen molar-refractivity contribution in [2.75, 3.05) is 0 Å². The van der Waals surface area contributed by atoms with E-state index in [9.17, 15) is 0 Å². The number of rotatable bonds is 1. The maximum atomic E-state index is 5.46. The molecule has 0 atom stereocenters. The van der Waals surface area contributed by atoms with Gasteiger partial charge in [0.15, 0.2) is 0 Å². The summed E-state index contributed by atoms with van der Waals surface area (Å²) < 4.78 is 5.46. The molecular weight excluding hydrogens is 172 g/mol. The highest BCUT2D eigenvalue weighted by Gasteiger charge is 2.18. The van der Waals surface area contributed by atoms with Crippen LogP contribution in [0.15, 0.2) is 48.7 Å². The first-order valence-corrected chi connectivity index (χ1v) is 4.80. The second kappa shape index (κ2) is 3.33. The van der Waals surface area contributed by atoms with Crippen LogP contribution in [0, 0.1) is 0 Å². The van der Waals surface area contributed by atoms with Crippen LogP contribution in [-0.4, -0.2) is 5.60 Å². The molecule has 0 radical (unpaired) electrons. The van der Waals surface area contributed by atoms with E-state index in [1.165, 1.54) is 11.1 Å². The average molecular weight is 186 g/mol. The standard InChI is InChI=1S/C13H14O/c1-13(2)10-12(8-9-14-13)11-6-4-3-5-7-11/h3-10H,1-2H3. The van der Waals surface area contributed by atoms with E-state index >= 15 is 0 Å². The average Bonchev–Trinajstić information content (AvgIpc) is 2.18. The maximum absolute atomic E-state index is 5.46. The predicted molar refractivity (Wildman–Crippen MR) is 58.7 cm³/mol. The lowest BCUT2D eigenvalue weighted by atomic mass is 9.97. The lowest BCUT2D eigenvalue weighted by Crippen LogP contribution is -2.20. The number of ether oxygens (including phenoxy) is 1. The molecule has 0 spiro atoms. The molecule has 72 valence electrons. The van der Waals surface area contributed by atoms with E-state index in [2.05, 4.69) is 32.1 Å². The van der Waals surface area contributed by atoms with Crippen molar-refractivity contribution < 1.29 is 4.74 Å². The highest BCUT2D eigenvalue weighted by Crippen LogP contribution is 2.26. The third kappa shape index (κ3) is 1.87. The summed E-state index contributed by atoms with van der Waals surface area (Å²) in [6, 6.07) is 10.3. The molecule has 14 heavy (non-hydrogen) atoms. The molecule has 0 aromatic heterocycles. The maximum Gasteiger partial charge on any atom is 0.122 e. The van der Waals surface area contributed by atoms with Gasteiger partial charge in [0.05, 0.1) is 6.26 Å². The highest BCUT2D eigenvalue weighted by atomic mass is 16.5. The van der Waals surface area contributed by atoms with Gasteiger partial charge in [-0.3, -0.25) is 0 Å². The van der Waals surface area contributed by atoms with Gasteiger partial charge >= 0.3 is 0 Å². The van der Waals surface area contributed by atoms with Crippen molar-refractivity contribution in [2.24, 2.45) is 0 Å². The second-order valence-electron chi connectivity index (χ2n) is 3.99. The molecule has 1 heteroatoms. The van der Waals surface area contributed by atoms with E-state index in [0.29, 0.717) is 0 Å². The van der Waals surface area contributed by atoms with Crippen molar-refractivity contribution in [1.82, 2.24) is 0 Å². The molecule has 0 amide bonds. The SMILES string of the molecule is CC1(C)C=C(c2ccccc2)C=CO1. The van der Waals surface area contributed by atoms with Gasteiger partial charge in [0.25, 0.3) is 0 Å². The molecule has 1 aliphatic rings. The van der Waals surface area contributed by atoms with Gasteiger partial charge < -0.3 is 4.74 Å². The first-order chi connectivity index (χ1) is 6.67. The van der Waals surface area contributed by atoms with Gasteiger partial charge in [-0.1, -0.05) is 30.3 Å². The molecular formula is C13H14O. The Morgan fingerprint density at radius 1 is 1.07 bits per heavy atom. The quantitative estimate of drug-likeness (QED) is 0.653. The molecule has 0 aliphatic carbocycles. The van der Waals surface area contributed by atoms with Crippen LogP contribution in [0.25, 0.3) is 5.57 Å². The first kappa shape index (κ1) is 9.07. The number of benzene rings is 1. The zero-order valence-electron chi connectivity index (χ0n) is 8.53. The van der Waals surface area contributed by atoms with Crippen LogP contribution in [0.5, 0.6) is 0 Å². The summed E-state index contributed by atoms with van der Waals surface area (Å²) in [5.41, 5.74) is 2.27. The fraction of sp³-hybridized carbons (Fsp3) is 0.231. The summed E-state index contributed by atoms with van der Waals surface area (Å²) in [6.07, 6.45) is 5.91.